The maximum absolute atomic E-state index is 11.9. The third-order valence-corrected chi connectivity index (χ3v) is 3.55. The lowest BCUT2D eigenvalue weighted by atomic mass is 9.96. The third kappa shape index (κ3) is 1.89. The molecule has 0 unspecified atom stereocenters. The minimum atomic E-state index is -0.646. The van der Waals surface area contributed by atoms with Crippen LogP contribution in [0.4, 0.5) is 5.82 Å². The van der Waals surface area contributed by atoms with Crippen LogP contribution in [0.25, 0.3) is 22.0 Å². The number of fused-ring (bicyclic) bond motifs is 1. The van der Waals surface area contributed by atoms with E-state index in [9.17, 15) is 15.3 Å². The molecule has 2 heterocycles. The van der Waals surface area contributed by atoms with Crippen LogP contribution in [0.5, 0.6) is 0 Å². The standard InChI is InChI=1S/C14H7ClN6O/c15-12-7-3-6(1-2-10(7)20-21-12)11-8(4-16)13(18)19-14(22)9(11)5-17/h1-3H,(H,20,21)(H3,18,19,22). The molecule has 0 amide bonds. The van der Waals surface area contributed by atoms with E-state index < -0.39 is 5.56 Å². The molecule has 0 atom stereocenters. The number of pyridine rings is 1. The fourth-order valence-corrected chi connectivity index (χ4v) is 2.46. The Morgan fingerprint density at radius 3 is 2.64 bits per heavy atom. The molecular weight excluding hydrogens is 304 g/mol. The minimum absolute atomic E-state index is 0.0371. The van der Waals surface area contributed by atoms with Crippen LogP contribution < -0.4 is 11.3 Å². The first-order valence-electron chi connectivity index (χ1n) is 6.06. The number of nitrogens with one attached hydrogen (secondary N) is 2. The normalized spacial score (nSPS) is 10.3. The Labute approximate surface area is 128 Å². The summed E-state index contributed by atoms with van der Waals surface area (Å²) in [5, 5.41) is 26.1. The first kappa shape index (κ1) is 13.7. The van der Waals surface area contributed by atoms with Crippen LogP contribution in [0.15, 0.2) is 23.0 Å². The van der Waals surface area contributed by atoms with Crippen molar-refractivity contribution in [3.63, 3.8) is 0 Å². The van der Waals surface area contributed by atoms with E-state index in [0.717, 1.165) is 0 Å². The largest absolute Gasteiger partial charge is 0.384 e. The second-order valence-electron chi connectivity index (χ2n) is 4.49. The Balaban J connectivity index is 2.44. The number of aromatic amines is 2. The predicted molar refractivity (Wildman–Crippen MR) is 81.0 cm³/mol. The molecule has 0 fully saturated rings. The van der Waals surface area contributed by atoms with Gasteiger partial charge in [-0.05, 0) is 17.7 Å². The van der Waals surface area contributed by atoms with Crippen molar-refractivity contribution in [1.82, 2.24) is 15.2 Å². The van der Waals surface area contributed by atoms with Gasteiger partial charge in [-0.1, -0.05) is 17.7 Å². The van der Waals surface area contributed by atoms with Gasteiger partial charge in [0.2, 0.25) is 0 Å². The van der Waals surface area contributed by atoms with E-state index in [1.54, 1.807) is 18.2 Å². The van der Waals surface area contributed by atoms with Crippen LogP contribution in [0.2, 0.25) is 5.15 Å². The second kappa shape index (κ2) is 4.92. The highest BCUT2D eigenvalue weighted by atomic mass is 35.5. The van der Waals surface area contributed by atoms with Crippen molar-refractivity contribution in [3.05, 3.63) is 44.8 Å². The molecule has 0 saturated carbocycles. The van der Waals surface area contributed by atoms with E-state index >= 15 is 0 Å². The van der Waals surface area contributed by atoms with Gasteiger partial charge in [0.25, 0.3) is 5.56 Å². The molecule has 3 aromatic rings. The third-order valence-electron chi connectivity index (χ3n) is 3.26. The summed E-state index contributed by atoms with van der Waals surface area (Å²) in [5.74, 6) is -0.0834. The number of hydrogen-bond acceptors (Lipinski definition) is 5. The zero-order chi connectivity index (χ0) is 15.9. The zero-order valence-corrected chi connectivity index (χ0v) is 11.7. The van der Waals surface area contributed by atoms with Gasteiger partial charge in [0.05, 0.1) is 5.52 Å². The SMILES string of the molecule is N#Cc1c(N)[nH]c(=O)c(C#N)c1-c1ccc2n[nH]c(Cl)c2c1. The van der Waals surface area contributed by atoms with E-state index in [4.69, 9.17) is 17.3 Å². The molecule has 0 radical (unpaired) electrons. The summed E-state index contributed by atoms with van der Waals surface area (Å²) in [4.78, 5) is 14.2. The average Bonchev–Trinajstić information content (AvgIpc) is 2.87. The van der Waals surface area contributed by atoms with Gasteiger partial charge in [-0.25, -0.2) is 0 Å². The van der Waals surface area contributed by atoms with E-state index in [1.807, 2.05) is 12.1 Å². The summed E-state index contributed by atoms with van der Waals surface area (Å²) >= 11 is 6.00. The number of H-pyrrole nitrogens is 2. The smallest absolute Gasteiger partial charge is 0.268 e. The van der Waals surface area contributed by atoms with Gasteiger partial charge in [-0.2, -0.15) is 15.6 Å². The molecule has 2 aromatic heterocycles. The molecule has 4 N–H and O–H groups in total. The second-order valence-corrected chi connectivity index (χ2v) is 4.86. The van der Waals surface area contributed by atoms with Gasteiger partial charge < -0.3 is 10.7 Å². The molecule has 0 aliphatic rings. The Morgan fingerprint density at radius 2 is 1.95 bits per heavy atom. The number of aromatic nitrogens is 3. The van der Waals surface area contributed by atoms with E-state index in [0.29, 0.717) is 21.6 Å². The quantitative estimate of drug-likeness (QED) is 0.630. The summed E-state index contributed by atoms with van der Waals surface area (Å²) in [6, 6.07) is 8.70. The summed E-state index contributed by atoms with van der Waals surface area (Å²) in [6.45, 7) is 0. The lowest BCUT2D eigenvalue weighted by molar-refractivity contribution is 1.12. The zero-order valence-electron chi connectivity index (χ0n) is 10.9. The van der Waals surface area contributed by atoms with Crippen LogP contribution in [0.1, 0.15) is 11.1 Å². The van der Waals surface area contributed by atoms with Crippen molar-refractivity contribution in [1.29, 1.82) is 10.5 Å². The number of nitrogens with zero attached hydrogens (tertiary/aromatic N) is 3. The van der Waals surface area contributed by atoms with E-state index in [1.165, 1.54) is 0 Å². The molecule has 22 heavy (non-hydrogen) atoms. The van der Waals surface area contributed by atoms with Gasteiger partial charge >= 0.3 is 0 Å². The number of anilines is 1. The van der Waals surface area contributed by atoms with Crippen LogP contribution in [-0.2, 0) is 0 Å². The number of nitriles is 2. The van der Waals surface area contributed by atoms with Crippen LogP contribution in [0, 0.1) is 22.7 Å². The molecule has 0 bridgehead atoms. The van der Waals surface area contributed by atoms with Crippen LogP contribution in [0.3, 0.4) is 0 Å². The van der Waals surface area contributed by atoms with E-state index in [2.05, 4.69) is 15.2 Å². The maximum Gasteiger partial charge on any atom is 0.268 e. The molecule has 1 aromatic carbocycles. The van der Waals surface area contributed by atoms with Gasteiger partial charge in [0.15, 0.2) is 0 Å². The molecule has 106 valence electrons. The van der Waals surface area contributed by atoms with Crippen LogP contribution in [-0.4, -0.2) is 15.2 Å². The van der Waals surface area contributed by atoms with Crippen molar-refractivity contribution in [2.24, 2.45) is 0 Å². The number of halogens is 1. The Morgan fingerprint density at radius 1 is 1.23 bits per heavy atom. The Hall–Kier alpha value is -3.29. The molecule has 0 aliphatic heterocycles. The van der Waals surface area contributed by atoms with E-state index in [-0.39, 0.29) is 22.5 Å². The summed E-state index contributed by atoms with van der Waals surface area (Å²) < 4.78 is 0. The molecule has 8 heteroatoms. The summed E-state index contributed by atoms with van der Waals surface area (Å²) in [5.41, 5.74) is 6.20. The Kier molecular flexibility index (Phi) is 3.06. The number of benzene rings is 1. The minimum Gasteiger partial charge on any atom is -0.384 e. The van der Waals surface area contributed by atoms with Crippen LogP contribution >= 0.6 is 11.6 Å². The molecule has 0 aliphatic carbocycles. The average molecular weight is 311 g/mol. The summed E-state index contributed by atoms with van der Waals surface area (Å²) in [6.07, 6.45) is 0. The van der Waals surface area contributed by atoms with Gasteiger partial charge in [-0.3, -0.25) is 9.89 Å². The molecule has 0 spiro atoms. The lowest BCUT2D eigenvalue weighted by Gasteiger charge is -2.08. The number of nitrogens with two attached hydrogens (primary N) is 1. The molecule has 0 saturated heterocycles. The topological polar surface area (TPSA) is 135 Å². The number of rotatable bonds is 1. The monoisotopic (exact) mass is 310 g/mol. The highest BCUT2D eigenvalue weighted by Gasteiger charge is 2.18. The first-order valence-corrected chi connectivity index (χ1v) is 6.44. The van der Waals surface area contributed by atoms with Crippen molar-refractivity contribution in [2.75, 3.05) is 5.73 Å². The molecule has 7 nitrogen and oxygen atoms in total. The number of hydrogen-bond donors (Lipinski definition) is 3. The molecular formula is C14H7ClN6O. The highest BCUT2D eigenvalue weighted by Crippen LogP contribution is 2.31. The first-order chi connectivity index (χ1) is 10.6. The maximum atomic E-state index is 11.9. The van der Waals surface area contributed by atoms with Gasteiger partial charge in [0.1, 0.15) is 34.2 Å². The molecule has 3 rings (SSSR count). The highest BCUT2D eigenvalue weighted by molar-refractivity contribution is 6.34. The van der Waals surface area contributed by atoms with Gasteiger partial charge in [-0.15, -0.1) is 0 Å². The predicted octanol–water partition coefficient (Wildman–Crippen LogP) is 1.90. The van der Waals surface area contributed by atoms with Crippen molar-refractivity contribution in [3.8, 4) is 23.3 Å². The fourth-order valence-electron chi connectivity index (χ4n) is 2.27. The summed E-state index contributed by atoms with van der Waals surface area (Å²) in [7, 11) is 0. The number of nitrogen functional groups attached to an aromatic ring is 1. The van der Waals surface area contributed by atoms with Crippen molar-refractivity contribution in [2.45, 2.75) is 0 Å². The van der Waals surface area contributed by atoms with Crippen molar-refractivity contribution < 1.29 is 0 Å². The Bertz CT molecular complexity index is 1050. The van der Waals surface area contributed by atoms with Crippen molar-refractivity contribution >= 4 is 28.3 Å². The lowest BCUT2D eigenvalue weighted by Crippen LogP contribution is -2.16. The van der Waals surface area contributed by atoms with Gasteiger partial charge in [0, 0.05) is 10.9 Å². The fraction of sp³-hybridized carbons (Fsp3) is 0.